The average Bonchev–Trinajstić information content (AvgIpc) is 3.07. The summed E-state index contributed by atoms with van der Waals surface area (Å²) in [5.41, 5.74) is 2.63. The zero-order valence-corrected chi connectivity index (χ0v) is 21.4. The molecule has 35 heavy (non-hydrogen) atoms. The molecule has 2 aromatic rings. The summed E-state index contributed by atoms with van der Waals surface area (Å²) in [4.78, 5) is 16.7. The van der Waals surface area contributed by atoms with Crippen molar-refractivity contribution in [3.8, 4) is 16.9 Å². The minimum absolute atomic E-state index is 0.0533. The standard InChI is InChI=1S/C28H34ClFN2O3/c1-4-11-35-25-6-5-18(13-22(25)29)20-12-19-15-28(2,3)26(21(19)14-23(20)30)32(27(33)34)24-16-31-9-7-17(24)8-10-31/h5-6,12-14,17,24,26H,4,7-11,15-16H2,1-3H3,(H,33,34)/t24-,26+/m1/s1. The van der Waals surface area contributed by atoms with Crippen LogP contribution < -0.4 is 4.74 Å². The molecule has 1 N–H and O–H groups in total. The number of amides is 1. The molecule has 1 aliphatic carbocycles. The lowest BCUT2D eigenvalue weighted by molar-refractivity contribution is -0.0267. The van der Waals surface area contributed by atoms with Gasteiger partial charge in [0.25, 0.3) is 0 Å². The number of fused-ring (bicyclic) bond motifs is 4. The van der Waals surface area contributed by atoms with E-state index in [0.29, 0.717) is 40.8 Å². The Balaban J connectivity index is 1.51. The number of ether oxygens (including phenoxy) is 1. The van der Waals surface area contributed by atoms with Crippen molar-refractivity contribution in [2.45, 2.75) is 58.5 Å². The van der Waals surface area contributed by atoms with Crippen molar-refractivity contribution in [2.75, 3.05) is 26.2 Å². The number of halogens is 2. The lowest BCUT2D eigenvalue weighted by atomic mass is 9.79. The minimum Gasteiger partial charge on any atom is -0.492 e. The van der Waals surface area contributed by atoms with E-state index in [-0.39, 0.29) is 23.3 Å². The maximum absolute atomic E-state index is 15.6. The molecule has 188 valence electrons. The lowest BCUT2D eigenvalue weighted by Gasteiger charge is -2.51. The molecule has 0 aromatic heterocycles. The molecule has 0 spiro atoms. The fourth-order valence-electron chi connectivity index (χ4n) is 6.49. The van der Waals surface area contributed by atoms with Gasteiger partial charge in [-0.1, -0.05) is 38.4 Å². The molecule has 0 unspecified atom stereocenters. The van der Waals surface area contributed by atoms with Gasteiger partial charge in [-0.05, 0) is 91.1 Å². The Labute approximate surface area is 211 Å². The lowest BCUT2D eigenvalue weighted by Crippen LogP contribution is -2.60. The van der Waals surface area contributed by atoms with E-state index >= 15 is 4.39 Å². The van der Waals surface area contributed by atoms with E-state index in [4.69, 9.17) is 16.3 Å². The maximum Gasteiger partial charge on any atom is 0.408 e. The van der Waals surface area contributed by atoms with Crippen molar-refractivity contribution in [3.63, 3.8) is 0 Å². The molecule has 2 aromatic carbocycles. The number of benzene rings is 2. The molecular weight excluding hydrogens is 467 g/mol. The third kappa shape index (κ3) is 4.40. The Bertz CT molecular complexity index is 1130. The third-order valence-electron chi connectivity index (χ3n) is 8.09. The molecule has 5 nitrogen and oxygen atoms in total. The van der Waals surface area contributed by atoms with Gasteiger partial charge in [0.05, 0.1) is 23.7 Å². The van der Waals surface area contributed by atoms with Crippen LogP contribution in [-0.4, -0.2) is 53.3 Å². The molecule has 3 fully saturated rings. The number of carboxylic acid groups (broad SMARTS) is 1. The van der Waals surface area contributed by atoms with E-state index in [1.165, 1.54) is 0 Å². The van der Waals surface area contributed by atoms with Crippen LogP contribution in [0, 0.1) is 17.2 Å². The van der Waals surface area contributed by atoms with Gasteiger partial charge in [-0.25, -0.2) is 9.18 Å². The third-order valence-corrected chi connectivity index (χ3v) is 8.39. The predicted octanol–water partition coefficient (Wildman–Crippen LogP) is 6.63. The van der Waals surface area contributed by atoms with Gasteiger partial charge < -0.3 is 14.7 Å². The van der Waals surface area contributed by atoms with E-state index in [2.05, 4.69) is 18.7 Å². The summed E-state index contributed by atoms with van der Waals surface area (Å²) >= 11 is 6.42. The SMILES string of the molecule is CCCOc1ccc(-c2cc3c(cc2F)[C@H](N(C(=O)O)[C@@H]2CN4CCC2CC4)C(C)(C)C3)cc1Cl. The molecule has 4 aliphatic rings. The average molecular weight is 501 g/mol. The Morgan fingerprint density at radius 2 is 2.00 bits per heavy atom. The first-order valence-corrected chi connectivity index (χ1v) is 13.1. The topological polar surface area (TPSA) is 53.0 Å². The van der Waals surface area contributed by atoms with Crippen molar-refractivity contribution in [1.29, 1.82) is 0 Å². The van der Waals surface area contributed by atoms with Crippen LogP contribution in [0.1, 0.15) is 57.2 Å². The second-order valence-corrected chi connectivity index (χ2v) is 11.4. The summed E-state index contributed by atoms with van der Waals surface area (Å²) < 4.78 is 21.3. The van der Waals surface area contributed by atoms with Crippen LogP contribution in [0.3, 0.4) is 0 Å². The van der Waals surface area contributed by atoms with Crippen LogP contribution in [-0.2, 0) is 6.42 Å². The van der Waals surface area contributed by atoms with Crippen molar-refractivity contribution in [1.82, 2.24) is 9.80 Å². The summed E-state index contributed by atoms with van der Waals surface area (Å²) in [5.74, 6) is 0.606. The monoisotopic (exact) mass is 500 g/mol. The Morgan fingerprint density at radius 1 is 1.26 bits per heavy atom. The molecule has 6 rings (SSSR count). The number of hydrogen-bond acceptors (Lipinski definition) is 3. The van der Waals surface area contributed by atoms with Gasteiger partial charge in [-0.2, -0.15) is 0 Å². The van der Waals surface area contributed by atoms with Crippen molar-refractivity contribution in [2.24, 2.45) is 11.3 Å². The van der Waals surface area contributed by atoms with E-state index in [9.17, 15) is 9.90 Å². The summed E-state index contributed by atoms with van der Waals surface area (Å²) in [5, 5.41) is 10.8. The first-order chi connectivity index (χ1) is 16.7. The smallest absolute Gasteiger partial charge is 0.408 e. The summed E-state index contributed by atoms with van der Waals surface area (Å²) in [6, 6.07) is 8.38. The number of hydrogen-bond donors (Lipinski definition) is 1. The Morgan fingerprint density at radius 3 is 2.60 bits per heavy atom. The molecule has 0 saturated carbocycles. The van der Waals surface area contributed by atoms with Crippen LogP contribution >= 0.6 is 11.6 Å². The van der Waals surface area contributed by atoms with Crippen molar-refractivity contribution >= 4 is 17.7 Å². The molecule has 7 heteroatoms. The van der Waals surface area contributed by atoms with Crippen LogP contribution in [0.2, 0.25) is 5.02 Å². The van der Waals surface area contributed by atoms with Gasteiger partial charge in [0.1, 0.15) is 11.6 Å². The molecule has 0 radical (unpaired) electrons. The van der Waals surface area contributed by atoms with Crippen LogP contribution in [0.15, 0.2) is 30.3 Å². The number of nitrogens with zero attached hydrogens (tertiary/aromatic N) is 2. The van der Waals surface area contributed by atoms with E-state index < -0.39 is 6.09 Å². The fourth-order valence-corrected chi connectivity index (χ4v) is 6.72. The first-order valence-electron chi connectivity index (χ1n) is 12.7. The number of rotatable bonds is 6. The molecule has 3 heterocycles. The predicted molar refractivity (Wildman–Crippen MR) is 136 cm³/mol. The minimum atomic E-state index is -0.909. The van der Waals surface area contributed by atoms with Gasteiger partial charge in [0.15, 0.2) is 0 Å². The van der Waals surface area contributed by atoms with Crippen LogP contribution in [0.25, 0.3) is 11.1 Å². The van der Waals surface area contributed by atoms with E-state index in [1.54, 1.807) is 23.1 Å². The van der Waals surface area contributed by atoms with E-state index in [0.717, 1.165) is 50.0 Å². The summed E-state index contributed by atoms with van der Waals surface area (Å²) in [6.07, 6.45) is 2.72. The highest BCUT2D eigenvalue weighted by Crippen LogP contribution is 2.52. The Hall–Kier alpha value is -2.31. The molecule has 1 amide bonds. The zero-order valence-electron chi connectivity index (χ0n) is 20.7. The van der Waals surface area contributed by atoms with Gasteiger partial charge >= 0.3 is 6.09 Å². The van der Waals surface area contributed by atoms with Gasteiger partial charge in [0, 0.05) is 12.1 Å². The quantitative estimate of drug-likeness (QED) is 0.483. The second-order valence-electron chi connectivity index (χ2n) is 11.0. The molecule has 2 bridgehead atoms. The maximum atomic E-state index is 15.6. The highest BCUT2D eigenvalue weighted by atomic mass is 35.5. The van der Waals surface area contributed by atoms with E-state index in [1.807, 2.05) is 19.1 Å². The number of carbonyl (C=O) groups is 1. The highest BCUT2D eigenvalue weighted by molar-refractivity contribution is 6.32. The molecule has 3 saturated heterocycles. The van der Waals surface area contributed by atoms with Crippen molar-refractivity contribution in [3.05, 3.63) is 52.3 Å². The molecular formula is C28H34ClFN2O3. The van der Waals surface area contributed by atoms with Gasteiger partial charge in [0.2, 0.25) is 0 Å². The largest absolute Gasteiger partial charge is 0.492 e. The Kier molecular flexibility index (Phi) is 6.47. The highest BCUT2D eigenvalue weighted by Gasteiger charge is 2.50. The molecule has 2 atom stereocenters. The summed E-state index contributed by atoms with van der Waals surface area (Å²) in [7, 11) is 0. The first kappa shape index (κ1) is 24.4. The summed E-state index contributed by atoms with van der Waals surface area (Å²) in [6.45, 7) is 9.66. The van der Waals surface area contributed by atoms with Crippen molar-refractivity contribution < 1.29 is 19.0 Å². The van der Waals surface area contributed by atoms with Gasteiger partial charge in [-0.15, -0.1) is 0 Å². The van der Waals surface area contributed by atoms with Crippen LogP contribution in [0.5, 0.6) is 5.75 Å². The molecule has 3 aliphatic heterocycles. The fraction of sp³-hybridized carbons (Fsp3) is 0.536. The van der Waals surface area contributed by atoms with Crippen LogP contribution in [0.4, 0.5) is 9.18 Å². The normalized spacial score (nSPS) is 26.4. The second kappa shape index (κ2) is 9.29. The number of piperidine rings is 3. The zero-order chi connectivity index (χ0) is 24.9. The van der Waals surface area contributed by atoms with Gasteiger partial charge in [-0.3, -0.25) is 4.90 Å².